The van der Waals surface area contributed by atoms with Crippen LogP contribution in [-0.2, 0) is 16.6 Å². The Morgan fingerprint density at radius 3 is 2.44 bits per heavy atom. The Bertz CT molecular complexity index is 527. The number of nitrogens with one attached hydrogen (secondary N) is 2. The fourth-order valence-corrected chi connectivity index (χ4v) is 3.60. The van der Waals surface area contributed by atoms with E-state index in [0.717, 1.165) is 11.1 Å². The molecular weight excluding hydrogens is 272 g/mol. The molecule has 0 unspecified atom stereocenters. The topological polar surface area (TPSA) is 58.2 Å². The van der Waals surface area contributed by atoms with Gasteiger partial charge in [0.1, 0.15) is 0 Å². The van der Waals surface area contributed by atoms with Crippen LogP contribution < -0.4 is 10.0 Å². The fourth-order valence-electron chi connectivity index (χ4n) is 1.74. The summed E-state index contributed by atoms with van der Waals surface area (Å²) in [6, 6.07) is 3.11. The molecule has 18 heavy (non-hydrogen) atoms. The smallest absolute Gasteiger partial charge is 0.241 e. The van der Waals surface area contributed by atoms with E-state index in [2.05, 4.69) is 10.0 Å². The molecule has 0 heterocycles. The van der Waals surface area contributed by atoms with Crippen LogP contribution in [0.4, 0.5) is 0 Å². The van der Waals surface area contributed by atoms with Crippen molar-refractivity contribution in [3.8, 4) is 0 Å². The van der Waals surface area contributed by atoms with Gasteiger partial charge in [0, 0.05) is 17.6 Å². The zero-order chi connectivity index (χ0) is 13.9. The van der Waals surface area contributed by atoms with Crippen LogP contribution in [0.3, 0.4) is 0 Å². The standard InChI is InChI=1S/C12H19ClN2O2S/c1-8(2)15-18(16,17)12-6-11(13)5-10(7-14-4)9(12)3/h5-6,8,14-15H,7H2,1-4H3. The van der Waals surface area contributed by atoms with Crippen molar-refractivity contribution in [3.63, 3.8) is 0 Å². The molecule has 1 aromatic carbocycles. The highest BCUT2D eigenvalue weighted by molar-refractivity contribution is 7.89. The third-order valence-electron chi connectivity index (χ3n) is 2.48. The van der Waals surface area contributed by atoms with E-state index in [1.54, 1.807) is 33.9 Å². The third kappa shape index (κ3) is 3.68. The van der Waals surface area contributed by atoms with Crippen molar-refractivity contribution in [1.82, 2.24) is 10.0 Å². The SMILES string of the molecule is CNCc1cc(Cl)cc(S(=O)(=O)NC(C)C)c1C. The Morgan fingerprint density at radius 2 is 1.94 bits per heavy atom. The summed E-state index contributed by atoms with van der Waals surface area (Å²) in [4.78, 5) is 0.244. The van der Waals surface area contributed by atoms with E-state index in [-0.39, 0.29) is 10.9 Å². The molecule has 1 rings (SSSR count). The van der Waals surface area contributed by atoms with Gasteiger partial charge in [-0.2, -0.15) is 0 Å². The molecule has 0 amide bonds. The minimum Gasteiger partial charge on any atom is -0.316 e. The van der Waals surface area contributed by atoms with Crippen LogP contribution >= 0.6 is 11.6 Å². The second-order valence-corrected chi connectivity index (χ2v) is 6.61. The van der Waals surface area contributed by atoms with Crippen LogP contribution in [0.2, 0.25) is 5.02 Å². The molecule has 0 aliphatic heterocycles. The second kappa shape index (κ2) is 6.02. The first-order chi connectivity index (χ1) is 8.27. The van der Waals surface area contributed by atoms with Gasteiger partial charge in [-0.1, -0.05) is 11.6 Å². The van der Waals surface area contributed by atoms with Crippen molar-refractivity contribution in [2.24, 2.45) is 0 Å². The van der Waals surface area contributed by atoms with E-state index < -0.39 is 10.0 Å². The molecule has 4 nitrogen and oxygen atoms in total. The number of rotatable bonds is 5. The van der Waals surface area contributed by atoms with Crippen LogP contribution in [-0.4, -0.2) is 21.5 Å². The first kappa shape index (κ1) is 15.4. The highest BCUT2D eigenvalue weighted by atomic mass is 35.5. The molecule has 0 saturated carbocycles. The molecule has 0 aliphatic rings. The first-order valence-corrected chi connectivity index (χ1v) is 7.60. The number of benzene rings is 1. The Kier molecular flexibility index (Phi) is 5.16. The lowest BCUT2D eigenvalue weighted by Gasteiger charge is -2.15. The molecule has 0 aliphatic carbocycles. The lowest BCUT2D eigenvalue weighted by atomic mass is 10.1. The summed E-state index contributed by atoms with van der Waals surface area (Å²) in [6.45, 7) is 5.94. The highest BCUT2D eigenvalue weighted by Gasteiger charge is 2.20. The van der Waals surface area contributed by atoms with Crippen LogP contribution in [0.15, 0.2) is 17.0 Å². The Labute approximate surface area is 114 Å². The number of sulfonamides is 1. The molecular formula is C12H19ClN2O2S. The molecule has 6 heteroatoms. The van der Waals surface area contributed by atoms with Crippen LogP contribution in [0, 0.1) is 6.92 Å². The average molecular weight is 291 g/mol. The van der Waals surface area contributed by atoms with Gasteiger partial charge < -0.3 is 5.32 Å². The molecule has 0 saturated heterocycles. The lowest BCUT2D eigenvalue weighted by molar-refractivity contribution is 0.569. The van der Waals surface area contributed by atoms with Gasteiger partial charge in [-0.15, -0.1) is 0 Å². The number of hydrogen-bond acceptors (Lipinski definition) is 3. The van der Waals surface area contributed by atoms with Crippen molar-refractivity contribution < 1.29 is 8.42 Å². The molecule has 0 fully saturated rings. The number of hydrogen-bond donors (Lipinski definition) is 2. The third-order valence-corrected chi connectivity index (χ3v) is 4.48. The van der Waals surface area contributed by atoms with Crippen molar-refractivity contribution >= 4 is 21.6 Å². The van der Waals surface area contributed by atoms with Gasteiger partial charge in [-0.05, 0) is 51.1 Å². The summed E-state index contributed by atoms with van der Waals surface area (Å²) in [5, 5.41) is 3.42. The Morgan fingerprint density at radius 1 is 1.33 bits per heavy atom. The maximum atomic E-state index is 12.2. The van der Waals surface area contributed by atoms with Crippen molar-refractivity contribution in [1.29, 1.82) is 0 Å². The van der Waals surface area contributed by atoms with Gasteiger partial charge in [-0.25, -0.2) is 13.1 Å². The molecule has 2 N–H and O–H groups in total. The minimum absolute atomic E-state index is 0.152. The summed E-state index contributed by atoms with van der Waals surface area (Å²) < 4.78 is 26.9. The molecule has 0 atom stereocenters. The summed E-state index contributed by atoms with van der Waals surface area (Å²) in [5.41, 5.74) is 1.61. The maximum Gasteiger partial charge on any atom is 0.241 e. The van der Waals surface area contributed by atoms with Crippen LogP contribution in [0.5, 0.6) is 0 Å². The first-order valence-electron chi connectivity index (χ1n) is 5.74. The fraction of sp³-hybridized carbons (Fsp3) is 0.500. The predicted octanol–water partition coefficient (Wildman–Crippen LogP) is 2.05. The van der Waals surface area contributed by atoms with Crippen molar-refractivity contribution in [2.45, 2.75) is 38.3 Å². The molecule has 0 aromatic heterocycles. The summed E-state index contributed by atoms with van der Waals surface area (Å²) >= 11 is 5.98. The monoisotopic (exact) mass is 290 g/mol. The zero-order valence-electron chi connectivity index (χ0n) is 11.0. The van der Waals surface area contributed by atoms with E-state index in [9.17, 15) is 8.42 Å². The molecule has 0 spiro atoms. The van der Waals surface area contributed by atoms with Gasteiger partial charge in [0.05, 0.1) is 4.90 Å². The van der Waals surface area contributed by atoms with Crippen molar-refractivity contribution in [3.05, 3.63) is 28.3 Å². The minimum atomic E-state index is -3.52. The summed E-state index contributed by atoms with van der Waals surface area (Å²) in [5.74, 6) is 0. The normalized spacial score (nSPS) is 12.1. The quantitative estimate of drug-likeness (QED) is 0.873. The highest BCUT2D eigenvalue weighted by Crippen LogP contribution is 2.24. The maximum absolute atomic E-state index is 12.2. The average Bonchev–Trinajstić information content (AvgIpc) is 2.21. The number of halogens is 1. The van der Waals surface area contributed by atoms with E-state index in [0.29, 0.717) is 11.6 Å². The van der Waals surface area contributed by atoms with Gasteiger partial charge >= 0.3 is 0 Å². The van der Waals surface area contributed by atoms with E-state index in [4.69, 9.17) is 11.6 Å². The Hall–Kier alpha value is -0.620. The van der Waals surface area contributed by atoms with E-state index in [1.807, 2.05) is 0 Å². The molecule has 1 aromatic rings. The van der Waals surface area contributed by atoms with Crippen LogP contribution in [0.1, 0.15) is 25.0 Å². The van der Waals surface area contributed by atoms with Gasteiger partial charge in [0.2, 0.25) is 10.0 Å². The van der Waals surface area contributed by atoms with Crippen molar-refractivity contribution in [2.75, 3.05) is 7.05 Å². The van der Waals surface area contributed by atoms with Gasteiger partial charge in [-0.3, -0.25) is 0 Å². The zero-order valence-corrected chi connectivity index (χ0v) is 12.6. The predicted molar refractivity (Wildman–Crippen MR) is 74.4 cm³/mol. The molecule has 0 radical (unpaired) electrons. The van der Waals surface area contributed by atoms with Gasteiger partial charge in [0.25, 0.3) is 0 Å². The Balaban J connectivity index is 3.32. The molecule has 102 valence electrons. The van der Waals surface area contributed by atoms with E-state index in [1.165, 1.54) is 6.07 Å². The summed E-state index contributed by atoms with van der Waals surface area (Å²) in [6.07, 6.45) is 0. The van der Waals surface area contributed by atoms with Gasteiger partial charge in [0.15, 0.2) is 0 Å². The summed E-state index contributed by atoms with van der Waals surface area (Å²) in [7, 11) is -1.71. The molecule has 0 bridgehead atoms. The van der Waals surface area contributed by atoms with E-state index >= 15 is 0 Å². The lowest BCUT2D eigenvalue weighted by Crippen LogP contribution is -2.31. The van der Waals surface area contributed by atoms with Crippen LogP contribution in [0.25, 0.3) is 0 Å². The largest absolute Gasteiger partial charge is 0.316 e. The second-order valence-electron chi connectivity index (χ2n) is 4.49.